The van der Waals surface area contributed by atoms with Crippen LogP contribution in [0.2, 0.25) is 0 Å². The predicted octanol–water partition coefficient (Wildman–Crippen LogP) is 7.77. The number of fused-ring (bicyclic) bond motifs is 5. The van der Waals surface area contributed by atoms with Crippen molar-refractivity contribution in [3.8, 4) is 0 Å². The van der Waals surface area contributed by atoms with Crippen molar-refractivity contribution in [2.75, 3.05) is 0 Å². The lowest BCUT2D eigenvalue weighted by molar-refractivity contribution is -0.148. The number of aliphatic hydroxyl groups is 1. The summed E-state index contributed by atoms with van der Waals surface area (Å²) in [5, 5.41) is 10.7. The third kappa shape index (κ3) is 3.97. The fourth-order valence-corrected chi connectivity index (χ4v) is 9.23. The lowest BCUT2D eigenvalue weighted by Crippen LogP contribution is -2.55. The Kier molecular flexibility index (Phi) is 5.86. The first-order valence-corrected chi connectivity index (χ1v) is 12.6. The molecule has 1 N–H and O–H groups in total. The molecule has 0 unspecified atom stereocenters. The first-order valence-electron chi connectivity index (χ1n) is 12.6. The van der Waals surface area contributed by atoms with Crippen molar-refractivity contribution in [1.82, 2.24) is 0 Å². The predicted molar refractivity (Wildman–Crippen MR) is 115 cm³/mol. The van der Waals surface area contributed by atoms with Gasteiger partial charge in [-0.3, -0.25) is 0 Å². The van der Waals surface area contributed by atoms with Gasteiger partial charge in [0.15, 0.2) is 0 Å². The molecule has 0 bridgehead atoms. The average molecular weight is 429 g/mol. The summed E-state index contributed by atoms with van der Waals surface area (Å²) in [6, 6.07) is 0. The van der Waals surface area contributed by atoms with Gasteiger partial charge in [0.1, 0.15) is 0 Å². The molecule has 4 aliphatic carbocycles. The van der Waals surface area contributed by atoms with E-state index in [0.717, 1.165) is 43.4 Å². The van der Waals surface area contributed by atoms with Crippen LogP contribution >= 0.6 is 0 Å². The topological polar surface area (TPSA) is 20.2 Å². The molecule has 0 radical (unpaired) electrons. The van der Waals surface area contributed by atoms with Crippen molar-refractivity contribution in [3.63, 3.8) is 0 Å². The lowest BCUT2D eigenvalue weighted by atomic mass is 9.43. The highest BCUT2D eigenvalue weighted by molar-refractivity contribution is 5.10. The van der Waals surface area contributed by atoms with E-state index < -0.39 is 18.2 Å². The molecule has 4 aliphatic rings. The summed E-state index contributed by atoms with van der Waals surface area (Å²) < 4.78 is 37.9. The van der Waals surface area contributed by atoms with Crippen LogP contribution in [0.25, 0.3) is 0 Å². The first-order chi connectivity index (χ1) is 13.9. The van der Waals surface area contributed by atoms with E-state index in [9.17, 15) is 18.3 Å². The van der Waals surface area contributed by atoms with Gasteiger partial charge in [-0.2, -0.15) is 13.2 Å². The van der Waals surface area contributed by atoms with E-state index in [2.05, 4.69) is 20.8 Å². The highest BCUT2D eigenvalue weighted by Crippen LogP contribution is 2.68. The second kappa shape index (κ2) is 7.66. The van der Waals surface area contributed by atoms with Crippen molar-refractivity contribution in [3.05, 3.63) is 0 Å². The van der Waals surface area contributed by atoms with Gasteiger partial charge >= 0.3 is 6.18 Å². The van der Waals surface area contributed by atoms with Crippen molar-refractivity contribution in [1.29, 1.82) is 0 Å². The van der Waals surface area contributed by atoms with Gasteiger partial charge in [-0.15, -0.1) is 0 Å². The van der Waals surface area contributed by atoms with Crippen LogP contribution in [0, 0.1) is 46.3 Å². The van der Waals surface area contributed by atoms with Crippen molar-refractivity contribution in [2.45, 2.75) is 117 Å². The quantitative estimate of drug-likeness (QED) is 0.485. The standard InChI is InChI=1S/C26H43F3O/c1-17(6-5-12-26(27,28)29)20-9-10-21-19-8-7-18-16-23(2,30)14-15-24(18,3)22(19)11-13-25(20,21)4/h17-22,30H,5-16H2,1-4H3/t17-,18+,19+,20-,21+,22+,23+,24+,25-/m1/s1. The minimum absolute atomic E-state index is 0.285. The highest BCUT2D eigenvalue weighted by Gasteiger charge is 2.61. The Morgan fingerprint density at radius 1 is 0.900 bits per heavy atom. The molecular weight excluding hydrogens is 385 g/mol. The number of hydrogen-bond acceptors (Lipinski definition) is 1. The molecule has 0 aromatic carbocycles. The normalized spacial score (nSPS) is 49.8. The molecule has 0 saturated heterocycles. The van der Waals surface area contributed by atoms with Gasteiger partial charge in [-0.05, 0) is 117 Å². The van der Waals surface area contributed by atoms with Gasteiger partial charge in [-0.1, -0.05) is 27.2 Å². The van der Waals surface area contributed by atoms with E-state index in [4.69, 9.17) is 0 Å². The molecule has 1 nitrogen and oxygen atoms in total. The molecule has 0 spiro atoms. The molecule has 0 aliphatic heterocycles. The lowest BCUT2D eigenvalue weighted by Gasteiger charge is -2.62. The monoisotopic (exact) mass is 428 g/mol. The summed E-state index contributed by atoms with van der Waals surface area (Å²) in [6.45, 7) is 9.27. The molecule has 4 rings (SSSR count). The maximum Gasteiger partial charge on any atom is 0.389 e. The largest absolute Gasteiger partial charge is 0.390 e. The molecule has 4 fully saturated rings. The zero-order valence-corrected chi connectivity index (χ0v) is 19.5. The number of halogens is 3. The molecular formula is C26H43F3O. The molecule has 174 valence electrons. The van der Waals surface area contributed by atoms with E-state index in [1.54, 1.807) is 0 Å². The number of alkyl halides is 3. The van der Waals surface area contributed by atoms with Crippen LogP contribution in [0.15, 0.2) is 0 Å². The van der Waals surface area contributed by atoms with Crippen molar-refractivity contribution in [2.24, 2.45) is 46.3 Å². The Bertz CT molecular complexity index is 628. The second-order valence-corrected chi connectivity index (χ2v) is 12.6. The van der Waals surface area contributed by atoms with Crippen molar-refractivity contribution >= 4 is 0 Å². The first kappa shape index (κ1) is 22.9. The molecule has 0 aromatic rings. The van der Waals surface area contributed by atoms with E-state index >= 15 is 0 Å². The zero-order chi connectivity index (χ0) is 21.9. The van der Waals surface area contributed by atoms with E-state index in [1.165, 1.54) is 38.5 Å². The smallest absolute Gasteiger partial charge is 0.389 e. The molecule has 30 heavy (non-hydrogen) atoms. The molecule has 0 amide bonds. The Morgan fingerprint density at radius 3 is 2.30 bits per heavy atom. The van der Waals surface area contributed by atoms with Crippen LogP contribution in [-0.2, 0) is 0 Å². The Balaban J connectivity index is 1.45. The third-order valence-electron chi connectivity index (χ3n) is 10.8. The minimum atomic E-state index is -4.02. The number of rotatable bonds is 4. The summed E-state index contributed by atoms with van der Waals surface area (Å²) in [5.74, 6) is 3.98. The maximum atomic E-state index is 12.6. The summed E-state index contributed by atoms with van der Waals surface area (Å²) in [6.07, 6.45) is 7.02. The minimum Gasteiger partial charge on any atom is -0.390 e. The van der Waals surface area contributed by atoms with Gasteiger partial charge in [-0.25, -0.2) is 0 Å². The molecule has 4 heteroatoms. The summed E-state index contributed by atoms with van der Waals surface area (Å²) in [7, 11) is 0. The summed E-state index contributed by atoms with van der Waals surface area (Å²) in [5.41, 5.74) is 0.218. The van der Waals surface area contributed by atoms with E-state index in [0.29, 0.717) is 28.6 Å². The van der Waals surface area contributed by atoms with Crippen LogP contribution < -0.4 is 0 Å². The summed E-state index contributed by atoms with van der Waals surface area (Å²) >= 11 is 0. The molecule has 0 heterocycles. The summed E-state index contributed by atoms with van der Waals surface area (Å²) in [4.78, 5) is 0. The van der Waals surface area contributed by atoms with Crippen molar-refractivity contribution < 1.29 is 18.3 Å². The van der Waals surface area contributed by atoms with Crippen LogP contribution in [0.5, 0.6) is 0 Å². The third-order valence-corrected chi connectivity index (χ3v) is 10.8. The molecule has 0 aromatic heterocycles. The van der Waals surface area contributed by atoms with Gasteiger partial charge in [0.2, 0.25) is 0 Å². The highest BCUT2D eigenvalue weighted by atomic mass is 19.4. The van der Waals surface area contributed by atoms with Gasteiger partial charge in [0.05, 0.1) is 5.60 Å². The van der Waals surface area contributed by atoms with E-state index in [-0.39, 0.29) is 6.42 Å². The van der Waals surface area contributed by atoms with Gasteiger partial charge < -0.3 is 5.11 Å². The fourth-order valence-electron chi connectivity index (χ4n) is 9.23. The fraction of sp³-hybridized carbons (Fsp3) is 1.00. The molecule has 4 saturated carbocycles. The SMILES string of the molecule is C[C@H](CCCC(F)(F)F)[C@H]1CC[C@H]2[C@@H]3CC[C@H]4C[C@@](C)(O)CC[C@]4(C)[C@H]3CC[C@]12C. The van der Waals surface area contributed by atoms with Crippen LogP contribution in [0.4, 0.5) is 13.2 Å². The van der Waals surface area contributed by atoms with Crippen LogP contribution in [-0.4, -0.2) is 16.9 Å². The van der Waals surface area contributed by atoms with Gasteiger partial charge in [0.25, 0.3) is 0 Å². The van der Waals surface area contributed by atoms with Crippen LogP contribution in [0.3, 0.4) is 0 Å². The van der Waals surface area contributed by atoms with Crippen LogP contribution in [0.1, 0.15) is 105 Å². The molecule has 9 atom stereocenters. The average Bonchev–Trinajstić information content (AvgIpc) is 2.98. The maximum absolute atomic E-state index is 12.6. The van der Waals surface area contributed by atoms with E-state index in [1.807, 2.05) is 6.92 Å². The Hall–Kier alpha value is -0.250. The zero-order valence-electron chi connectivity index (χ0n) is 19.5. The number of hydrogen-bond donors (Lipinski definition) is 1. The Morgan fingerprint density at radius 2 is 1.60 bits per heavy atom. The van der Waals surface area contributed by atoms with Gasteiger partial charge in [0, 0.05) is 6.42 Å². The Labute approximate surface area is 181 Å². The second-order valence-electron chi connectivity index (χ2n) is 12.6.